The Morgan fingerprint density at radius 2 is 2.00 bits per heavy atom. The molecule has 2 rings (SSSR count). The first-order valence-electron chi connectivity index (χ1n) is 4.44. The summed E-state index contributed by atoms with van der Waals surface area (Å²) in [5.41, 5.74) is 2.29. The lowest BCUT2D eigenvalue weighted by Gasteiger charge is -1.92. The van der Waals surface area contributed by atoms with Crippen LogP contribution >= 0.6 is 24.0 Å². The molecule has 0 bridgehead atoms. The van der Waals surface area contributed by atoms with Gasteiger partial charge in [0.05, 0.1) is 5.69 Å². The molecule has 1 aromatic heterocycles. The molecule has 2 aromatic rings. The zero-order valence-corrected chi connectivity index (χ0v) is 9.61. The van der Waals surface area contributed by atoms with Crippen molar-refractivity contribution in [1.29, 1.82) is 0 Å². The molecule has 14 heavy (non-hydrogen) atoms. The molecule has 0 radical (unpaired) electrons. The highest BCUT2D eigenvalue weighted by Crippen LogP contribution is 2.28. The average Bonchev–Trinajstić information content (AvgIpc) is 2.61. The summed E-state index contributed by atoms with van der Waals surface area (Å²) in [4.78, 5) is 5.78. The number of aryl methyl sites for hydroxylation is 1. The van der Waals surface area contributed by atoms with Crippen molar-refractivity contribution in [3.63, 3.8) is 0 Å². The van der Waals surface area contributed by atoms with Gasteiger partial charge in [-0.3, -0.25) is 0 Å². The van der Waals surface area contributed by atoms with E-state index in [1.54, 1.807) is 11.3 Å². The quantitative estimate of drug-likeness (QED) is 0.765. The first-order valence-corrected chi connectivity index (χ1v) is 5.88. The molecule has 1 nitrogen and oxygen atoms in total. The zero-order valence-electron chi connectivity index (χ0n) is 7.90. The van der Waals surface area contributed by atoms with Crippen LogP contribution in [0.25, 0.3) is 10.6 Å². The van der Waals surface area contributed by atoms with Gasteiger partial charge in [-0.15, -0.1) is 11.3 Å². The van der Waals surface area contributed by atoms with Crippen LogP contribution in [-0.2, 0) is 5.75 Å². The molecule has 1 heterocycles. The minimum Gasteiger partial charge on any atom is -0.241 e. The van der Waals surface area contributed by atoms with Crippen molar-refractivity contribution in [3.05, 3.63) is 40.9 Å². The third-order valence-corrected chi connectivity index (χ3v) is 3.79. The standard InChI is InChI=1S/C11H11NS2/c1-8-10(7-13)14-11(12-8)9-5-3-2-4-6-9/h2-6,13H,7H2,1H3. The van der Waals surface area contributed by atoms with Gasteiger partial charge in [-0.05, 0) is 6.92 Å². The number of benzene rings is 1. The lowest BCUT2D eigenvalue weighted by atomic mass is 10.2. The third-order valence-electron chi connectivity index (χ3n) is 2.06. The smallest absolute Gasteiger partial charge is 0.123 e. The van der Waals surface area contributed by atoms with Gasteiger partial charge < -0.3 is 0 Å². The first kappa shape index (κ1) is 9.74. The maximum atomic E-state index is 4.52. The van der Waals surface area contributed by atoms with Gasteiger partial charge in [0.25, 0.3) is 0 Å². The summed E-state index contributed by atoms with van der Waals surface area (Å²) < 4.78 is 0. The van der Waals surface area contributed by atoms with Crippen molar-refractivity contribution in [2.45, 2.75) is 12.7 Å². The summed E-state index contributed by atoms with van der Waals surface area (Å²) >= 11 is 6.00. The molecule has 0 unspecified atom stereocenters. The van der Waals surface area contributed by atoms with Gasteiger partial charge in [0.15, 0.2) is 0 Å². The summed E-state index contributed by atoms with van der Waals surface area (Å²) in [5.74, 6) is 0.774. The van der Waals surface area contributed by atoms with Crippen LogP contribution in [0.4, 0.5) is 0 Å². The predicted octanol–water partition coefficient (Wildman–Crippen LogP) is 3.55. The number of aromatic nitrogens is 1. The average molecular weight is 221 g/mol. The molecule has 0 aliphatic heterocycles. The minimum atomic E-state index is 0.774. The van der Waals surface area contributed by atoms with Gasteiger partial charge >= 0.3 is 0 Å². The third kappa shape index (κ3) is 1.83. The summed E-state index contributed by atoms with van der Waals surface area (Å²) in [6.07, 6.45) is 0. The van der Waals surface area contributed by atoms with Crippen molar-refractivity contribution in [2.24, 2.45) is 0 Å². The summed E-state index contributed by atoms with van der Waals surface area (Å²) in [6, 6.07) is 10.3. The first-order chi connectivity index (χ1) is 6.81. The van der Waals surface area contributed by atoms with Crippen molar-refractivity contribution in [2.75, 3.05) is 0 Å². The van der Waals surface area contributed by atoms with Gasteiger partial charge in [-0.25, -0.2) is 4.98 Å². The van der Waals surface area contributed by atoms with E-state index in [0.717, 1.165) is 16.5 Å². The van der Waals surface area contributed by atoms with E-state index in [0.29, 0.717) is 0 Å². The molecule has 0 aliphatic carbocycles. The number of hydrogen-bond donors (Lipinski definition) is 1. The van der Waals surface area contributed by atoms with Gasteiger partial charge in [-0.1, -0.05) is 30.3 Å². The van der Waals surface area contributed by atoms with Crippen LogP contribution in [0.5, 0.6) is 0 Å². The van der Waals surface area contributed by atoms with Gasteiger partial charge in [0.2, 0.25) is 0 Å². The molecule has 3 heteroatoms. The zero-order chi connectivity index (χ0) is 9.97. The Morgan fingerprint density at radius 1 is 1.29 bits per heavy atom. The lowest BCUT2D eigenvalue weighted by molar-refractivity contribution is 1.22. The number of hydrogen-bond acceptors (Lipinski definition) is 3. The van der Waals surface area contributed by atoms with Crippen LogP contribution in [0.3, 0.4) is 0 Å². The van der Waals surface area contributed by atoms with E-state index < -0.39 is 0 Å². The largest absolute Gasteiger partial charge is 0.241 e. The van der Waals surface area contributed by atoms with Crippen molar-refractivity contribution in [1.82, 2.24) is 4.98 Å². The van der Waals surface area contributed by atoms with Crippen LogP contribution < -0.4 is 0 Å². The topological polar surface area (TPSA) is 12.9 Å². The maximum Gasteiger partial charge on any atom is 0.123 e. The fraction of sp³-hybridized carbons (Fsp3) is 0.182. The molecule has 0 saturated carbocycles. The molecule has 0 atom stereocenters. The highest BCUT2D eigenvalue weighted by atomic mass is 32.1. The number of nitrogens with zero attached hydrogens (tertiary/aromatic N) is 1. The molecule has 0 spiro atoms. The Kier molecular flexibility index (Phi) is 2.89. The van der Waals surface area contributed by atoms with E-state index in [1.165, 1.54) is 10.4 Å². The number of thiol groups is 1. The fourth-order valence-corrected chi connectivity index (χ4v) is 2.63. The second kappa shape index (κ2) is 4.15. The van der Waals surface area contributed by atoms with Gasteiger partial charge in [0, 0.05) is 16.2 Å². The van der Waals surface area contributed by atoms with Crippen molar-refractivity contribution >= 4 is 24.0 Å². The Bertz CT molecular complexity index is 420. The Morgan fingerprint density at radius 3 is 2.57 bits per heavy atom. The minimum absolute atomic E-state index is 0.774. The van der Waals surface area contributed by atoms with Crippen LogP contribution in [0.15, 0.2) is 30.3 Å². The number of thiazole rings is 1. The van der Waals surface area contributed by atoms with E-state index in [4.69, 9.17) is 0 Å². The summed E-state index contributed by atoms with van der Waals surface area (Å²) in [6.45, 7) is 2.04. The van der Waals surface area contributed by atoms with Gasteiger partial charge in [0.1, 0.15) is 5.01 Å². The normalized spacial score (nSPS) is 10.4. The maximum absolute atomic E-state index is 4.52. The second-order valence-electron chi connectivity index (χ2n) is 3.05. The van der Waals surface area contributed by atoms with Crippen LogP contribution in [0.2, 0.25) is 0 Å². The van der Waals surface area contributed by atoms with Crippen LogP contribution in [-0.4, -0.2) is 4.98 Å². The molecular formula is C11H11NS2. The van der Waals surface area contributed by atoms with Crippen molar-refractivity contribution in [3.8, 4) is 10.6 Å². The Balaban J connectivity index is 2.43. The van der Waals surface area contributed by atoms with E-state index >= 15 is 0 Å². The van der Waals surface area contributed by atoms with Crippen LogP contribution in [0, 0.1) is 6.92 Å². The monoisotopic (exact) mass is 221 g/mol. The molecule has 0 amide bonds. The predicted molar refractivity (Wildman–Crippen MR) is 65.0 cm³/mol. The molecule has 0 aliphatic rings. The Hall–Kier alpha value is -0.800. The SMILES string of the molecule is Cc1nc(-c2ccccc2)sc1CS. The lowest BCUT2D eigenvalue weighted by Crippen LogP contribution is -1.77. The molecule has 1 aromatic carbocycles. The molecular weight excluding hydrogens is 210 g/mol. The van der Waals surface area contributed by atoms with E-state index in [1.807, 2.05) is 25.1 Å². The summed E-state index contributed by atoms with van der Waals surface area (Å²) in [7, 11) is 0. The molecule has 0 fully saturated rings. The highest BCUT2D eigenvalue weighted by Gasteiger charge is 2.06. The molecule has 0 N–H and O–H groups in total. The summed E-state index contributed by atoms with van der Waals surface area (Å²) in [5, 5.41) is 1.09. The van der Waals surface area contributed by atoms with E-state index in [9.17, 15) is 0 Å². The highest BCUT2D eigenvalue weighted by molar-refractivity contribution is 7.79. The van der Waals surface area contributed by atoms with Crippen LogP contribution in [0.1, 0.15) is 10.6 Å². The second-order valence-corrected chi connectivity index (χ2v) is 4.45. The van der Waals surface area contributed by atoms with Crippen molar-refractivity contribution < 1.29 is 0 Å². The molecule has 72 valence electrons. The molecule has 0 saturated heterocycles. The number of rotatable bonds is 2. The van der Waals surface area contributed by atoms with E-state index in [-0.39, 0.29) is 0 Å². The Labute approximate surface area is 93.2 Å². The van der Waals surface area contributed by atoms with E-state index in [2.05, 4.69) is 29.7 Å². The van der Waals surface area contributed by atoms with Gasteiger partial charge in [-0.2, -0.15) is 12.6 Å². The fourth-order valence-electron chi connectivity index (χ4n) is 1.28.